The van der Waals surface area contributed by atoms with E-state index in [4.69, 9.17) is 0 Å². The molecule has 0 saturated heterocycles. The maximum absolute atomic E-state index is 12.0. The number of nitrogens with one attached hydrogen (secondary N) is 1. The highest BCUT2D eigenvalue weighted by molar-refractivity contribution is 5.98. The molecule has 0 unspecified atom stereocenters. The minimum absolute atomic E-state index is 0.175. The maximum atomic E-state index is 12.0. The summed E-state index contributed by atoms with van der Waals surface area (Å²) in [5.74, 6) is 0.121. The first-order valence-electron chi connectivity index (χ1n) is 7.74. The molecule has 1 amide bonds. The lowest BCUT2D eigenvalue weighted by molar-refractivity contribution is -0.123. The third-order valence-corrected chi connectivity index (χ3v) is 3.06. The maximum Gasteiger partial charge on any atom is 0.230 e. The Morgan fingerprint density at radius 3 is 2.22 bits per heavy atom. The normalized spacial score (nSPS) is 10.3. The van der Waals surface area contributed by atoms with Crippen LogP contribution in [0.3, 0.4) is 0 Å². The molecule has 2 rings (SSSR count). The van der Waals surface area contributed by atoms with E-state index in [0.717, 1.165) is 11.1 Å². The van der Waals surface area contributed by atoms with Crippen LogP contribution >= 0.6 is 0 Å². The van der Waals surface area contributed by atoms with Gasteiger partial charge in [0.15, 0.2) is 6.29 Å². The number of aromatic nitrogens is 1. The van der Waals surface area contributed by atoms with E-state index in [0.29, 0.717) is 17.7 Å². The van der Waals surface area contributed by atoms with E-state index in [-0.39, 0.29) is 5.91 Å². The molecule has 122 valence electrons. The van der Waals surface area contributed by atoms with E-state index in [1.165, 1.54) is 0 Å². The number of rotatable bonds is 3. The Morgan fingerprint density at radius 2 is 1.70 bits per heavy atom. The van der Waals surface area contributed by atoms with Gasteiger partial charge in [0, 0.05) is 17.2 Å². The molecule has 1 heterocycles. The molecule has 0 saturated carbocycles. The number of anilines is 1. The van der Waals surface area contributed by atoms with Crippen LogP contribution in [0.1, 0.15) is 45.0 Å². The molecule has 2 aromatic rings. The predicted molar refractivity (Wildman–Crippen MR) is 94.5 cm³/mol. The van der Waals surface area contributed by atoms with Gasteiger partial charge in [0.2, 0.25) is 5.91 Å². The van der Waals surface area contributed by atoms with E-state index in [2.05, 4.69) is 10.3 Å². The number of amides is 1. The van der Waals surface area contributed by atoms with Crippen molar-refractivity contribution in [2.45, 2.75) is 34.6 Å². The first-order chi connectivity index (χ1) is 10.9. The Balaban J connectivity index is 0.00000127. The average Bonchev–Trinajstić information content (AvgIpc) is 2.57. The highest BCUT2D eigenvalue weighted by atomic mass is 16.2. The molecule has 0 aliphatic carbocycles. The molecule has 0 aliphatic heterocycles. The molecule has 0 aliphatic rings. The zero-order valence-corrected chi connectivity index (χ0v) is 14.4. The van der Waals surface area contributed by atoms with Crippen LogP contribution < -0.4 is 5.32 Å². The second kappa shape index (κ2) is 8.22. The van der Waals surface area contributed by atoms with Crippen molar-refractivity contribution in [1.82, 2.24) is 4.98 Å². The van der Waals surface area contributed by atoms with E-state index in [1.807, 2.05) is 44.2 Å². The first kappa shape index (κ1) is 18.6. The first-order valence-corrected chi connectivity index (χ1v) is 7.74. The standard InChI is InChI=1S/C17H18N2O2.C2H6/c1-17(2,3)16(21)19-15-14(11-20)9-13(10-18-15)12-7-5-4-6-8-12;1-2/h4-11H,1-3H3,(H,18,19,21);1-2H3. The lowest BCUT2D eigenvalue weighted by Crippen LogP contribution is -2.28. The molecule has 4 nitrogen and oxygen atoms in total. The number of hydrogen-bond donors (Lipinski definition) is 1. The number of pyridine rings is 1. The molecule has 1 aromatic heterocycles. The zero-order chi connectivity index (χ0) is 17.5. The smallest absolute Gasteiger partial charge is 0.230 e. The summed E-state index contributed by atoms with van der Waals surface area (Å²) < 4.78 is 0. The van der Waals surface area contributed by atoms with Gasteiger partial charge in [-0.3, -0.25) is 9.59 Å². The largest absolute Gasteiger partial charge is 0.310 e. The molecule has 0 fully saturated rings. The van der Waals surface area contributed by atoms with E-state index >= 15 is 0 Å². The van der Waals surface area contributed by atoms with Crippen LogP contribution in [0.2, 0.25) is 0 Å². The molecule has 0 bridgehead atoms. The monoisotopic (exact) mass is 312 g/mol. The third-order valence-electron chi connectivity index (χ3n) is 3.06. The molecule has 1 N–H and O–H groups in total. The molecular weight excluding hydrogens is 288 g/mol. The van der Waals surface area contributed by atoms with Crippen LogP contribution in [0.25, 0.3) is 11.1 Å². The molecule has 0 radical (unpaired) electrons. The van der Waals surface area contributed by atoms with E-state index in [1.54, 1.807) is 33.0 Å². The second-order valence-electron chi connectivity index (χ2n) is 5.85. The minimum atomic E-state index is -0.542. The van der Waals surface area contributed by atoms with Gasteiger partial charge in [-0.15, -0.1) is 0 Å². The highest BCUT2D eigenvalue weighted by Crippen LogP contribution is 2.23. The molecule has 0 spiro atoms. The van der Waals surface area contributed by atoms with Gasteiger partial charge < -0.3 is 5.32 Å². The fourth-order valence-electron chi connectivity index (χ4n) is 1.76. The van der Waals surface area contributed by atoms with Gasteiger partial charge in [-0.05, 0) is 11.6 Å². The van der Waals surface area contributed by atoms with Crippen molar-refractivity contribution in [2.24, 2.45) is 5.41 Å². The summed E-state index contributed by atoms with van der Waals surface area (Å²) in [4.78, 5) is 27.5. The van der Waals surface area contributed by atoms with Crippen LogP contribution in [-0.2, 0) is 4.79 Å². The summed E-state index contributed by atoms with van der Waals surface area (Å²) in [5, 5.41) is 2.70. The Kier molecular flexibility index (Phi) is 6.64. The van der Waals surface area contributed by atoms with Crippen LogP contribution in [0.5, 0.6) is 0 Å². The lowest BCUT2D eigenvalue weighted by Gasteiger charge is -2.18. The van der Waals surface area contributed by atoms with Gasteiger partial charge >= 0.3 is 0 Å². The number of carbonyl (C=O) groups is 2. The number of carbonyl (C=O) groups excluding carboxylic acids is 2. The fraction of sp³-hybridized carbons (Fsp3) is 0.316. The second-order valence-corrected chi connectivity index (χ2v) is 5.85. The topological polar surface area (TPSA) is 59.1 Å². The van der Waals surface area contributed by atoms with Crippen LogP contribution in [0, 0.1) is 5.41 Å². The third kappa shape index (κ3) is 5.02. The van der Waals surface area contributed by atoms with Crippen molar-refractivity contribution in [3.05, 3.63) is 48.2 Å². The van der Waals surface area contributed by atoms with Gasteiger partial charge in [-0.25, -0.2) is 4.98 Å². The van der Waals surface area contributed by atoms with Gasteiger partial charge in [-0.1, -0.05) is 65.0 Å². The molecule has 23 heavy (non-hydrogen) atoms. The quantitative estimate of drug-likeness (QED) is 0.844. The molecule has 4 heteroatoms. The average molecular weight is 312 g/mol. The highest BCUT2D eigenvalue weighted by Gasteiger charge is 2.22. The van der Waals surface area contributed by atoms with Crippen LogP contribution in [0.4, 0.5) is 5.82 Å². The van der Waals surface area contributed by atoms with Crippen molar-refractivity contribution in [3.8, 4) is 11.1 Å². The number of benzene rings is 1. The fourth-order valence-corrected chi connectivity index (χ4v) is 1.76. The number of hydrogen-bond acceptors (Lipinski definition) is 3. The summed E-state index contributed by atoms with van der Waals surface area (Å²) in [6.07, 6.45) is 2.36. The minimum Gasteiger partial charge on any atom is -0.310 e. The summed E-state index contributed by atoms with van der Waals surface area (Å²) in [6.45, 7) is 9.42. The van der Waals surface area contributed by atoms with Gasteiger partial charge in [0.1, 0.15) is 5.82 Å². The van der Waals surface area contributed by atoms with Crippen molar-refractivity contribution in [1.29, 1.82) is 0 Å². The zero-order valence-electron chi connectivity index (χ0n) is 14.4. The van der Waals surface area contributed by atoms with Crippen molar-refractivity contribution >= 4 is 18.0 Å². The Bertz CT molecular complexity index is 659. The summed E-state index contributed by atoms with van der Waals surface area (Å²) >= 11 is 0. The van der Waals surface area contributed by atoms with E-state index < -0.39 is 5.41 Å². The summed E-state index contributed by atoms with van der Waals surface area (Å²) in [6, 6.07) is 11.4. The van der Waals surface area contributed by atoms with Crippen LogP contribution in [-0.4, -0.2) is 17.2 Å². The van der Waals surface area contributed by atoms with E-state index in [9.17, 15) is 9.59 Å². The predicted octanol–water partition coefficient (Wildman–Crippen LogP) is 4.57. The molecule has 1 aromatic carbocycles. The number of nitrogens with zero attached hydrogens (tertiary/aromatic N) is 1. The summed E-state index contributed by atoms with van der Waals surface area (Å²) in [7, 11) is 0. The molecular formula is C19H24N2O2. The SMILES string of the molecule is CC.CC(C)(C)C(=O)Nc1ncc(-c2ccccc2)cc1C=O. The summed E-state index contributed by atoms with van der Waals surface area (Å²) in [5.41, 5.74) is 1.64. The van der Waals surface area contributed by atoms with Crippen molar-refractivity contribution in [2.75, 3.05) is 5.32 Å². The molecule has 0 atom stereocenters. The Labute approximate surface area is 138 Å². The lowest BCUT2D eigenvalue weighted by atomic mass is 9.95. The Morgan fingerprint density at radius 1 is 1.09 bits per heavy atom. The van der Waals surface area contributed by atoms with Crippen LogP contribution in [0.15, 0.2) is 42.6 Å². The van der Waals surface area contributed by atoms with Crippen molar-refractivity contribution < 1.29 is 9.59 Å². The van der Waals surface area contributed by atoms with Gasteiger partial charge in [0.25, 0.3) is 0 Å². The van der Waals surface area contributed by atoms with Crippen molar-refractivity contribution in [3.63, 3.8) is 0 Å². The Hall–Kier alpha value is -2.49. The van der Waals surface area contributed by atoms with Gasteiger partial charge in [-0.2, -0.15) is 0 Å². The van der Waals surface area contributed by atoms with Gasteiger partial charge in [0.05, 0.1) is 5.56 Å². The number of aldehydes is 1.